The molecule has 0 aromatic carbocycles. The van der Waals surface area contributed by atoms with E-state index in [1.807, 2.05) is 22.7 Å². The van der Waals surface area contributed by atoms with Crippen molar-refractivity contribution in [3.05, 3.63) is 29.7 Å². The van der Waals surface area contributed by atoms with Crippen LogP contribution < -0.4 is 5.32 Å². The molecule has 0 bridgehead atoms. The molecule has 1 amide bonds. The number of rotatable bonds is 6. The van der Waals surface area contributed by atoms with Gasteiger partial charge in [-0.25, -0.2) is 0 Å². The standard InChI is InChI=1S/C23H34N6O/c1-16(2)28-12-11-27(13-17-7-8-17)15-20(28)22-26-25-21-10-9-18(14-29(21)22)23(30)24-19-5-3-4-6-19/h9-10,14,16-17,19-20H,3-8,11-13,15H2,1-2H3,(H,24,30)/t20-/m1/s1. The molecule has 7 nitrogen and oxygen atoms in total. The van der Waals surface area contributed by atoms with Crippen LogP contribution in [-0.4, -0.2) is 68.6 Å². The highest BCUT2D eigenvalue weighted by molar-refractivity contribution is 5.94. The Balaban J connectivity index is 1.41. The number of amides is 1. The number of fused-ring (bicyclic) bond motifs is 1. The van der Waals surface area contributed by atoms with E-state index in [2.05, 4.69) is 39.2 Å². The zero-order valence-corrected chi connectivity index (χ0v) is 18.3. The molecule has 1 aliphatic heterocycles. The van der Waals surface area contributed by atoms with Crippen molar-refractivity contribution in [3.8, 4) is 0 Å². The Kier molecular flexibility index (Phi) is 5.50. The second kappa shape index (κ2) is 8.27. The zero-order valence-electron chi connectivity index (χ0n) is 18.3. The fraction of sp³-hybridized carbons (Fsp3) is 0.696. The summed E-state index contributed by atoms with van der Waals surface area (Å²) in [5.41, 5.74) is 1.50. The molecular formula is C23H34N6O. The van der Waals surface area contributed by atoms with E-state index in [4.69, 9.17) is 0 Å². The minimum atomic E-state index is 0.0168. The lowest BCUT2D eigenvalue weighted by atomic mass is 10.1. The predicted octanol–water partition coefficient (Wildman–Crippen LogP) is 2.88. The van der Waals surface area contributed by atoms with Crippen LogP contribution in [0.15, 0.2) is 18.3 Å². The maximum Gasteiger partial charge on any atom is 0.252 e. The van der Waals surface area contributed by atoms with Crippen molar-refractivity contribution in [3.63, 3.8) is 0 Å². The van der Waals surface area contributed by atoms with Gasteiger partial charge in [-0.2, -0.15) is 0 Å². The van der Waals surface area contributed by atoms with E-state index in [-0.39, 0.29) is 11.9 Å². The summed E-state index contributed by atoms with van der Waals surface area (Å²) in [5.74, 6) is 1.86. The summed E-state index contributed by atoms with van der Waals surface area (Å²) in [7, 11) is 0. The van der Waals surface area contributed by atoms with Crippen molar-refractivity contribution in [1.29, 1.82) is 0 Å². The third-order valence-corrected chi connectivity index (χ3v) is 7.06. The first-order valence-electron chi connectivity index (χ1n) is 11.7. The van der Waals surface area contributed by atoms with Gasteiger partial charge in [0, 0.05) is 44.5 Å². The number of piperazine rings is 1. The summed E-state index contributed by atoms with van der Waals surface area (Å²) in [6.45, 7) is 8.87. The molecule has 0 radical (unpaired) electrons. The zero-order chi connectivity index (χ0) is 20.7. The van der Waals surface area contributed by atoms with E-state index in [1.54, 1.807) is 0 Å². The van der Waals surface area contributed by atoms with Gasteiger partial charge in [0.25, 0.3) is 5.91 Å². The molecule has 162 valence electrons. The largest absolute Gasteiger partial charge is 0.349 e. The molecule has 3 fully saturated rings. The number of pyridine rings is 1. The van der Waals surface area contributed by atoms with E-state index in [9.17, 15) is 4.79 Å². The van der Waals surface area contributed by atoms with Gasteiger partial charge < -0.3 is 5.32 Å². The van der Waals surface area contributed by atoms with Crippen LogP contribution in [0.4, 0.5) is 0 Å². The third kappa shape index (κ3) is 4.10. The molecule has 30 heavy (non-hydrogen) atoms. The SMILES string of the molecule is CC(C)N1CCN(CC2CC2)C[C@@H]1c1nnc2ccc(C(=O)NC3CCCC3)cn12. The van der Waals surface area contributed by atoms with Crippen LogP contribution in [0.3, 0.4) is 0 Å². The van der Waals surface area contributed by atoms with Crippen LogP contribution in [0, 0.1) is 5.92 Å². The Bertz CT molecular complexity index is 898. The van der Waals surface area contributed by atoms with Gasteiger partial charge in [0.1, 0.15) is 0 Å². The van der Waals surface area contributed by atoms with Crippen LogP contribution in [0.5, 0.6) is 0 Å². The van der Waals surface area contributed by atoms with Crippen molar-refractivity contribution in [2.24, 2.45) is 5.92 Å². The lowest BCUT2D eigenvalue weighted by Crippen LogP contribution is -2.51. The fourth-order valence-electron chi connectivity index (χ4n) is 5.14. The number of nitrogens with one attached hydrogen (secondary N) is 1. The molecule has 1 saturated heterocycles. The molecule has 0 spiro atoms. The average molecular weight is 411 g/mol. The monoisotopic (exact) mass is 410 g/mol. The van der Waals surface area contributed by atoms with Crippen LogP contribution >= 0.6 is 0 Å². The first kappa shape index (κ1) is 19.9. The van der Waals surface area contributed by atoms with Crippen molar-refractivity contribution in [2.45, 2.75) is 70.5 Å². The van der Waals surface area contributed by atoms with Crippen LogP contribution in [0.2, 0.25) is 0 Å². The van der Waals surface area contributed by atoms with Gasteiger partial charge >= 0.3 is 0 Å². The molecule has 2 aromatic heterocycles. The lowest BCUT2D eigenvalue weighted by Gasteiger charge is -2.42. The topological polar surface area (TPSA) is 65.8 Å². The van der Waals surface area contributed by atoms with E-state index in [0.717, 1.165) is 49.9 Å². The first-order chi connectivity index (χ1) is 14.6. The van der Waals surface area contributed by atoms with Gasteiger partial charge in [-0.15, -0.1) is 10.2 Å². The minimum absolute atomic E-state index is 0.0168. The molecule has 2 aliphatic carbocycles. The number of hydrogen-bond donors (Lipinski definition) is 1. The van der Waals surface area contributed by atoms with Gasteiger partial charge in [0.15, 0.2) is 11.5 Å². The highest BCUT2D eigenvalue weighted by atomic mass is 16.1. The van der Waals surface area contributed by atoms with Gasteiger partial charge in [-0.1, -0.05) is 12.8 Å². The van der Waals surface area contributed by atoms with E-state index < -0.39 is 0 Å². The molecule has 1 N–H and O–H groups in total. The number of carbonyl (C=O) groups excluding carboxylic acids is 1. The van der Waals surface area contributed by atoms with Crippen LogP contribution in [-0.2, 0) is 0 Å². The molecule has 1 atom stereocenters. The normalized spacial score (nSPS) is 24.2. The maximum atomic E-state index is 12.8. The Morgan fingerprint density at radius 3 is 2.67 bits per heavy atom. The Morgan fingerprint density at radius 2 is 1.93 bits per heavy atom. The van der Waals surface area contributed by atoms with Crippen molar-refractivity contribution in [2.75, 3.05) is 26.2 Å². The lowest BCUT2D eigenvalue weighted by molar-refractivity contribution is 0.0437. The smallest absolute Gasteiger partial charge is 0.252 e. The molecule has 2 aromatic rings. The van der Waals surface area contributed by atoms with Crippen LogP contribution in [0.1, 0.15) is 74.6 Å². The highest BCUT2D eigenvalue weighted by Gasteiger charge is 2.35. The number of hydrogen-bond acceptors (Lipinski definition) is 5. The second-order valence-corrected chi connectivity index (χ2v) is 9.71. The van der Waals surface area contributed by atoms with Crippen molar-refractivity contribution >= 4 is 11.6 Å². The van der Waals surface area contributed by atoms with Gasteiger partial charge in [0.2, 0.25) is 0 Å². The average Bonchev–Trinajstić information content (AvgIpc) is 3.23. The summed E-state index contributed by atoms with van der Waals surface area (Å²) < 4.78 is 2.05. The number of nitrogens with zero attached hydrogens (tertiary/aromatic N) is 5. The molecule has 5 rings (SSSR count). The summed E-state index contributed by atoms with van der Waals surface area (Å²) in [6, 6.07) is 4.75. The molecule has 7 heteroatoms. The van der Waals surface area contributed by atoms with Crippen LogP contribution in [0.25, 0.3) is 5.65 Å². The summed E-state index contributed by atoms with van der Waals surface area (Å²) in [5, 5.41) is 12.2. The molecule has 3 heterocycles. The Hall–Kier alpha value is -1.99. The highest BCUT2D eigenvalue weighted by Crippen LogP contribution is 2.33. The quantitative estimate of drug-likeness (QED) is 0.793. The van der Waals surface area contributed by atoms with E-state index >= 15 is 0 Å². The second-order valence-electron chi connectivity index (χ2n) is 9.71. The van der Waals surface area contributed by atoms with Gasteiger partial charge in [-0.3, -0.25) is 19.0 Å². The molecule has 0 unspecified atom stereocenters. The van der Waals surface area contributed by atoms with Gasteiger partial charge in [-0.05, 0) is 57.6 Å². The van der Waals surface area contributed by atoms with Gasteiger partial charge in [0.05, 0.1) is 11.6 Å². The van der Waals surface area contributed by atoms with E-state index in [1.165, 1.54) is 32.2 Å². The number of aromatic nitrogens is 3. The van der Waals surface area contributed by atoms with Crippen molar-refractivity contribution < 1.29 is 4.79 Å². The third-order valence-electron chi connectivity index (χ3n) is 7.06. The first-order valence-corrected chi connectivity index (χ1v) is 11.7. The summed E-state index contributed by atoms with van der Waals surface area (Å²) in [4.78, 5) is 18.0. The molecular weight excluding hydrogens is 376 g/mol. The Morgan fingerprint density at radius 1 is 1.13 bits per heavy atom. The summed E-state index contributed by atoms with van der Waals surface area (Å²) >= 11 is 0. The van der Waals surface area contributed by atoms with E-state index in [0.29, 0.717) is 17.6 Å². The Labute approximate surface area is 178 Å². The molecule has 3 aliphatic rings. The fourth-order valence-corrected chi connectivity index (χ4v) is 5.14. The predicted molar refractivity (Wildman–Crippen MR) is 116 cm³/mol. The number of carbonyl (C=O) groups is 1. The van der Waals surface area contributed by atoms with Crippen molar-refractivity contribution in [1.82, 2.24) is 29.7 Å². The maximum absolute atomic E-state index is 12.8. The minimum Gasteiger partial charge on any atom is -0.349 e. The summed E-state index contributed by atoms with van der Waals surface area (Å²) in [6.07, 6.45) is 9.30. The molecule has 2 saturated carbocycles.